The van der Waals surface area contributed by atoms with Gasteiger partial charge in [0, 0.05) is 16.8 Å². The molecule has 0 fully saturated rings. The first-order valence-electron chi connectivity index (χ1n) is 7.17. The number of fused-ring (bicyclic) bond motifs is 1. The molecule has 114 valence electrons. The molecule has 2 heterocycles. The molecule has 1 aliphatic heterocycles. The molecule has 1 aromatic carbocycles. The number of nitrogens with zero attached hydrogens (tertiary/aromatic N) is 1. The van der Waals surface area contributed by atoms with Crippen LogP contribution >= 0.6 is 11.3 Å². The molecule has 1 unspecified atom stereocenters. The number of hydrogen-bond donors (Lipinski definition) is 1. The molecule has 1 atom stereocenters. The maximum atomic E-state index is 12.8. The summed E-state index contributed by atoms with van der Waals surface area (Å²) in [5.41, 5.74) is 3.29. The molecule has 4 nitrogen and oxygen atoms in total. The van der Waals surface area contributed by atoms with Gasteiger partial charge in [-0.3, -0.25) is 4.79 Å². The van der Waals surface area contributed by atoms with Gasteiger partial charge in [-0.25, -0.2) is 4.79 Å². The zero-order valence-electron chi connectivity index (χ0n) is 12.5. The first-order chi connectivity index (χ1) is 10.5. The second-order valence-electron chi connectivity index (χ2n) is 5.52. The van der Waals surface area contributed by atoms with Crippen LogP contribution in [0.25, 0.3) is 0 Å². The third kappa shape index (κ3) is 2.31. The zero-order chi connectivity index (χ0) is 15.9. The van der Waals surface area contributed by atoms with E-state index in [1.54, 1.807) is 6.07 Å². The van der Waals surface area contributed by atoms with Gasteiger partial charge in [0.05, 0.1) is 5.56 Å². The summed E-state index contributed by atoms with van der Waals surface area (Å²) >= 11 is 1.52. The van der Waals surface area contributed by atoms with Crippen molar-refractivity contribution in [2.45, 2.75) is 26.3 Å². The first kappa shape index (κ1) is 14.8. The standard InChI is InChI=1S/C17H17NO3S/c1-10-11(2)22-9-14(10)16(19)18-8-7-12-5-3-4-6-13(12)15(18)17(20)21/h3-6,9,15H,7-8H2,1-2H3,(H,20,21). The fraction of sp³-hybridized carbons (Fsp3) is 0.294. The van der Waals surface area contributed by atoms with Gasteiger partial charge >= 0.3 is 5.97 Å². The van der Waals surface area contributed by atoms with Crippen LogP contribution in [0, 0.1) is 13.8 Å². The Bertz CT molecular complexity index is 750. The zero-order valence-corrected chi connectivity index (χ0v) is 13.3. The average molecular weight is 315 g/mol. The topological polar surface area (TPSA) is 57.6 Å². The van der Waals surface area contributed by atoms with Crippen molar-refractivity contribution in [3.05, 3.63) is 56.8 Å². The van der Waals surface area contributed by atoms with Gasteiger partial charge < -0.3 is 10.0 Å². The summed E-state index contributed by atoms with van der Waals surface area (Å²) in [5.74, 6) is -1.17. The highest BCUT2D eigenvalue weighted by Crippen LogP contribution is 2.32. The average Bonchev–Trinajstić information content (AvgIpc) is 2.85. The third-order valence-corrected chi connectivity index (χ3v) is 5.31. The van der Waals surface area contributed by atoms with Gasteiger partial charge in [0.1, 0.15) is 0 Å². The minimum absolute atomic E-state index is 0.191. The Morgan fingerprint density at radius 2 is 2.00 bits per heavy atom. The summed E-state index contributed by atoms with van der Waals surface area (Å²) in [6.07, 6.45) is 0.688. The van der Waals surface area contributed by atoms with Gasteiger partial charge in [-0.05, 0) is 37.0 Å². The maximum Gasteiger partial charge on any atom is 0.331 e. The fourth-order valence-electron chi connectivity index (χ4n) is 2.93. The second kappa shape index (κ2) is 5.57. The molecule has 0 saturated carbocycles. The molecule has 0 radical (unpaired) electrons. The number of benzene rings is 1. The number of carbonyl (C=O) groups excluding carboxylic acids is 1. The van der Waals surface area contributed by atoms with Crippen LogP contribution in [-0.4, -0.2) is 28.4 Å². The Balaban J connectivity index is 2.02. The van der Waals surface area contributed by atoms with Gasteiger partial charge in [0.2, 0.25) is 0 Å². The molecule has 22 heavy (non-hydrogen) atoms. The Hall–Kier alpha value is -2.14. The van der Waals surface area contributed by atoms with E-state index in [4.69, 9.17) is 0 Å². The monoisotopic (exact) mass is 315 g/mol. The lowest BCUT2D eigenvalue weighted by Crippen LogP contribution is -2.43. The van der Waals surface area contributed by atoms with Gasteiger partial charge in [0.25, 0.3) is 5.91 Å². The van der Waals surface area contributed by atoms with E-state index in [2.05, 4.69) is 0 Å². The Morgan fingerprint density at radius 3 is 2.64 bits per heavy atom. The summed E-state index contributed by atoms with van der Waals surface area (Å²) in [5, 5.41) is 11.5. The number of hydrogen-bond acceptors (Lipinski definition) is 3. The van der Waals surface area contributed by atoms with Crippen LogP contribution < -0.4 is 0 Å². The summed E-state index contributed by atoms with van der Waals surface area (Å²) in [4.78, 5) is 27.2. The second-order valence-corrected chi connectivity index (χ2v) is 6.60. The molecule has 1 amide bonds. The van der Waals surface area contributed by atoms with Crippen molar-refractivity contribution in [1.29, 1.82) is 0 Å². The van der Waals surface area contributed by atoms with Crippen molar-refractivity contribution in [2.24, 2.45) is 0 Å². The maximum absolute atomic E-state index is 12.8. The number of carboxylic acid groups (broad SMARTS) is 1. The van der Waals surface area contributed by atoms with Crippen molar-refractivity contribution < 1.29 is 14.7 Å². The van der Waals surface area contributed by atoms with Crippen molar-refractivity contribution in [1.82, 2.24) is 4.90 Å². The van der Waals surface area contributed by atoms with E-state index in [1.165, 1.54) is 16.2 Å². The minimum atomic E-state index is -0.981. The van der Waals surface area contributed by atoms with Crippen molar-refractivity contribution in [2.75, 3.05) is 6.54 Å². The molecule has 1 aliphatic rings. The van der Waals surface area contributed by atoms with Crippen LogP contribution in [0.4, 0.5) is 0 Å². The summed E-state index contributed by atoms with van der Waals surface area (Å²) < 4.78 is 0. The van der Waals surface area contributed by atoms with Gasteiger partial charge in [-0.1, -0.05) is 24.3 Å². The van der Waals surface area contributed by atoms with Gasteiger partial charge in [-0.15, -0.1) is 11.3 Å². The van der Waals surface area contributed by atoms with Gasteiger partial charge in [0.15, 0.2) is 6.04 Å². The molecular formula is C17H17NO3S. The van der Waals surface area contributed by atoms with Crippen LogP contribution in [0.2, 0.25) is 0 Å². The number of aryl methyl sites for hydroxylation is 1. The molecule has 0 saturated heterocycles. The predicted molar refractivity (Wildman–Crippen MR) is 85.4 cm³/mol. The van der Waals surface area contributed by atoms with Crippen molar-refractivity contribution in [3.8, 4) is 0 Å². The quantitative estimate of drug-likeness (QED) is 0.926. The van der Waals surface area contributed by atoms with Crippen LogP contribution in [0.15, 0.2) is 29.6 Å². The summed E-state index contributed by atoms with van der Waals surface area (Å²) in [7, 11) is 0. The Morgan fingerprint density at radius 1 is 1.27 bits per heavy atom. The highest BCUT2D eigenvalue weighted by atomic mass is 32.1. The highest BCUT2D eigenvalue weighted by Gasteiger charge is 2.36. The molecule has 1 aromatic heterocycles. The van der Waals surface area contributed by atoms with Crippen molar-refractivity contribution >= 4 is 23.2 Å². The molecule has 0 spiro atoms. The van der Waals surface area contributed by atoms with E-state index in [0.717, 1.165) is 21.6 Å². The van der Waals surface area contributed by atoms with Crippen molar-refractivity contribution in [3.63, 3.8) is 0 Å². The number of aliphatic carboxylic acids is 1. The number of amides is 1. The molecular weight excluding hydrogens is 298 g/mol. The summed E-state index contributed by atoms with van der Waals surface area (Å²) in [6, 6.07) is 6.56. The number of rotatable bonds is 2. The summed E-state index contributed by atoms with van der Waals surface area (Å²) in [6.45, 7) is 4.31. The molecule has 1 N–H and O–H groups in total. The number of carboxylic acids is 1. The van der Waals surface area contributed by atoms with Crippen LogP contribution in [0.1, 0.15) is 38.0 Å². The Kier molecular flexibility index (Phi) is 3.74. The lowest BCUT2D eigenvalue weighted by atomic mass is 9.92. The van der Waals surface area contributed by atoms with Crippen LogP contribution in [0.5, 0.6) is 0 Å². The predicted octanol–water partition coefficient (Wildman–Crippen LogP) is 3.19. The SMILES string of the molecule is Cc1scc(C(=O)N2CCc3ccccc3C2C(=O)O)c1C. The van der Waals surface area contributed by atoms with Crippen LogP contribution in [-0.2, 0) is 11.2 Å². The molecule has 0 aliphatic carbocycles. The molecule has 0 bridgehead atoms. The smallest absolute Gasteiger partial charge is 0.331 e. The molecule has 3 rings (SSSR count). The first-order valence-corrected chi connectivity index (χ1v) is 8.05. The number of thiophene rings is 1. The van der Waals surface area contributed by atoms with E-state index >= 15 is 0 Å². The normalized spacial score (nSPS) is 17.2. The molecule has 2 aromatic rings. The lowest BCUT2D eigenvalue weighted by Gasteiger charge is -2.34. The van der Waals surface area contributed by atoms with E-state index in [0.29, 0.717) is 18.5 Å². The van der Waals surface area contributed by atoms with Gasteiger partial charge in [-0.2, -0.15) is 0 Å². The van der Waals surface area contributed by atoms with E-state index in [1.807, 2.05) is 37.4 Å². The van der Waals surface area contributed by atoms with E-state index < -0.39 is 12.0 Å². The third-order valence-electron chi connectivity index (χ3n) is 4.29. The largest absolute Gasteiger partial charge is 0.479 e. The number of carbonyl (C=O) groups is 2. The van der Waals surface area contributed by atoms with E-state index in [9.17, 15) is 14.7 Å². The fourth-order valence-corrected chi connectivity index (χ4v) is 3.79. The molecule has 5 heteroatoms. The highest BCUT2D eigenvalue weighted by molar-refractivity contribution is 7.10. The van der Waals surface area contributed by atoms with Crippen LogP contribution in [0.3, 0.4) is 0 Å². The minimum Gasteiger partial charge on any atom is -0.479 e. The Labute approximate surface area is 133 Å². The van der Waals surface area contributed by atoms with E-state index in [-0.39, 0.29) is 5.91 Å². The lowest BCUT2D eigenvalue weighted by molar-refractivity contribution is -0.143.